The number of ether oxygens (including phenoxy) is 1. The first-order valence-corrected chi connectivity index (χ1v) is 9.02. The topological polar surface area (TPSA) is 88.5 Å². The lowest BCUT2D eigenvalue weighted by molar-refractivity contribution is 0.0573. The van der Waals surface area contributed by atoms with Crippen molar-refractivity contribution in [3.05, 3.63) is 48.2 Å². The number of methoxy groups -OCH3 is 1. The third-order valence-corrected chi connectivity index (χ3v) is 5.23. The highest BCUT2D eigenvalue weighted by molar-refractivity contribution is 5.95. The summed E-state index contributed by atoms with van der Waals surface area (Å²) in [6.07, 6.45) is 8.03. The van der Waals surface area contributed by atoms with E-state index >= 15 is 0 Å². The Labute approximate surface area is 157 Å². The minimum atomic E-state index is -0.125. The number of fused-ring (bicyclic) bond motifs is 4. The van der Waals surface area contributed by atoms with Crippen LogP contribution >= 0.6 is 0 Å². The van der Waals surface area contributed by atoms with Gasteiger partial charge in [-0.05, 0) is 24.8 Å². The van der Waals surface area contributed by atoms with E-state index in [1.165, 1.54) is 19.5 Å². The van der Waals surface area contributed by atoms with Crippen molar-refractivity contribution in [3.63, 3.8) is 0 Å². The zero-order chi connectivity index (χ0) is 18.8. The Morgan fingerprint density at radius 3 is 2.74 bits per heavy atom. The summed E-state index contributed by atoms with van der Waals surface area (Å²) in [7, 11) is 1.53. The smallest absolute Gasteiger partial charge is 0.274 e. The first-order chi connectivity index (χ1) is 13.2. The van der Waals surface area contributed by atoms with Gasteiger partial charge >= 0.3 is 0 Å². The van der Waals surface area contributed by atoms with E-state index in [4.69, 9.17) is 4.74 Å². The molecule has 0 aromatic carbocycles. The van der Waals surface area contributed by atoms with Crippen molar-refractivity contribution in [2.75, 3.05) is 26.7 Å². The lowest BCUT2D eigenvalue weighted by Gasteiger charge is -2.36. The molecule has 8 heteroatoms. The third kappa shape index (κ3) is 3.47. The second-order valence-corrected chi connectivity index (χ2v) is 6.94. The van der Waals surface area contributed by atoms with Gasteiger partial charge in [0.15, 0.2) is 0 Å². The Balaban J connectivity index is 1.54. The highest BCUT2D eigenvalue weighted by Gasteiger charge is 2.39. The van der Waals surface area contributed by atoms with E-state index in [1.54, 1.807) is 24.5 Å². The zero-order valence-electron chi connectivity index (χ0n) is 15.1. The van der Waals surface area contributed by atoms with Crippen molar-refractivity contribution in [2.45, 2.75) is 18.9 Å². The van der Waals surface area contributed by atoms with Gasteiger partial charge in [0.1, 0.15) is 5.69 Å². The van der Waals surface area contributed by atoms with E-state index in [9.17, 15) is 9.59 Å². The van der Waals surface area contributed by atoms with Gasteiger partial charge in [0.05, 0.1) is 13.3 Å². The molecule has 0 saturated carbocycles. The Morgan fingerprint density at radius 2 is 1.96 bits per heavy atom. The number of amides is 2. The molecule has 5 heterocycles. The van der Waals surface area contributed by atoms with Crippen LogP contribution in [0.4, 0.5) is 0 Å². The molecule has 8 nitrogen and oxygen atoms in total. The van der Waals surface area contributed by atoms with Crippen LogP contribution in [0.25, 0.3) is 0 Å². The van der Waals surface area contributed by atoms with Crippen LogP contribution in [0.3, 0.4) is 0 Å². The fourth-order valence-corrected chi connectivity index (χ4v) is 3.89. The summed E-state index contributed by atoms with van der Waals surface area (Å²) >= 11 is 0. The highest BCUT2D eigenvalue weighted by atomic mass is 16.5. The van der Waals surface area contributed by atoms with Crippen molar-refractivity contribution in [2.24, 2.45) is 5.92 Å². The van der Waals surface area contributed by atoms with Crippen molar-refractivity contribution >= 4 is 11.8 Å². The Morgan fingerprint density at radius 1 is 1.07 bits per heavy atom. The molecule has 0 spiro atoms. The predicted octanol–water partition coefficient (Wildman–Crippen LogP) is 1.26. The standard InChI is InChI=1S/C19H21N5O3/c1-27-17-8-14(4-5-22-17)18(25)24-11-13-2-3-15(24)12-23(10-13)19(26)16-9-20-6-7-21-16/h4-9,13,15H,2-3,10-12H2,1H3. The van der Waals surface area contributed by atoms with Crippen LogP contribution in [0, 0.1) is 5.92 Å². The monoisotopic (exact) mass is 367 g/mol. The van der Waals surface area contributed by atoms with Crippen molar-refractivity contribution in [1.82, 2.24) is 24.8 Å². The Bertz CT molecular complexity index is 844. The van der Waals surface area contributed by atoms with Crippen LogP contribution < -0.4 is 4.74 Å². The molecule has 140 valence electrons. The number of pyridine rings is 1. The van der Waals surface area contributed by atoms with Crippen LogP contribution in [0.2, 0.25) is 0 Å². The van der Waals surface area contributed by atoms with Gasteiger partial charge < -0.3 is 14.5 Å². The van der Waals surface area contributed by atoms with Crippen molar-refractivity contribution < 1.29 is 14.3 Å². The van der Waals surface area contributed by atoms with Crippen LogP contribution in [-0.4, -0.2) is 69.4 Å². The fraction of sp³-hybridized carbons (Fsp3) is 0.421. The minimum Gasteiger partial charge on any atom is -0.481 e. The van der Waals surface area contributed by atoms with E-state index < -0.39 is 0 Å². The van der Waals surface area contributed by atoms with E-state index in [2.05, 4.69) is 15.0 Å². The normalized spacial score (nSPS) is 21.7. The quantitative estimate of drug-likeness (QED) is 0.811. The SMILES string of the molecule is COc1cc(C(=O)N2CC3CCC2CN(C(=O)c2cnccn2)C3)ccn1. The lowest BCUT2D eigenvalue weighted by atomic mass is 9.94. The second kappa shape index (κ2) is 7.30. The van der Waals surface area contributed by atoms with E-state index in [-0.39, 0.29) is 23.8 Å². The molecule has 3 saturated heterocycles. The van der Waals surface area contributed by atoms with Gasteiger partial charge in [0.25, 0.3) is 11.8 Å². The number of carbonyl (C=O) groups is 2. The van der Waals surface area contributed by atoms with Gasteiger partial charge in [-0.3, -0.25) is 14.6 Å². The molecule has 2 atom stereocenters. The molecular weight excluding hydrogens is 346 g/mol. The summed E-state index contributed by atoms with van der Waals surface area (Å²) in [6.45, 7) is 1.80. The number of piperidine rings is 1. The second-order valence-electron chi connectivity index (χ2n) is 6.94. The van der Waals surface area contributed by atoms with Gasteiger partial charge in [-0.2, -0.15) is 0 Å². The van der Waals surface area contributed by atoms with E-state index in [1.807, 2.05) is 9.80 Å². The average Bonchev–Trinajstić information content (AvgIpc) is 3.05. The summed E-state index contributed by atoms with van der Waals surface area (Å²) < 4.78 is 5.13. The first kappa shape index (κ1) is 17.4. The number of nitrogens with zero attached hydrogens (tertiary/aromatic N) is 5. The largest absolute Gasteiger partial charge is 0.481 e. The first-order valence-electron chi connectivity index (χ1n) is 9.02. The third-order valence-electron chi connectivity index (χ3n) is 5.23. The Kier molecular flexibility index (Phi) is 4.70. The molecule has 27 heavy (non-hydrogen) atoms. The number of rotatable bonds is 3. The van der Waals surface area contributed by atoms with Crippen molar-refractivity contribution in [3.8, 4) is 5.88 Å². The van der Waals surface area contributed by atoms with Crippen LogP contribution in [-0.2, 0) is 0 Å². The molecule has 3 aliphatic heterocycles. The molecule has 0 aliphatic carbocycles. The van der Waals surface area contributed by atoms with E-state index in [0.717, 1.165) is 12.8 Å². The maximum atomic E-state index is 13.1. The lowest BCUT2D eigenvalue weighted by Crippen LogP contribution is -2.47. The molecule has 2 amide bonds. The maximum Gasteiger partial charge on any atom is 0.274 e. The highest BCUT2D eigenvalue weighted by Crippen LogP contribution is 2.30. The minimum absolute atomic E-state index is 0.00367. The molecule has 3 fully saturated rings. The number of carbonyl (C=O) groups excluding carboxylic acids is 2. The van der Waals surface area contributed by atoms with Crippen LogP contribution in [0.1, 0.15) is 33.7 Å². The summed E-state index contributed by atoms with van der Waals surface area (Å²) in [4.78, 5) is 41.7. The fourth-order valence-electron chi connectivity index (χ4n) is 3.89. The van der Waals surface area contributed by atoms with Crippen molar-refractivity contribution in [1.29, 1.82) is 0 Å². The van der Waals surface area contributed by atoms with Crippen LogP contribution in [0.5, 0.6) is 5.88 Å². The molecule has 2 unspecified atom stereocenters. The van der Waals surface area contributed by atoms with Gasteiger partial charge in [0, 0.05) is 55.9 Å². The van der Waals surface area contributed by atoms with Crippen LogP contribution in [0.15, 0.2) is 36.9 Å². The average molecular weight is 367 g/mol. The molecular formula is C19H21N5O3. The summed E-state index contributed by atoms with van der Waals surface area (Å²) in [5.74, 6) is 0.511. The van der Waals surface area contributed by atoms with Gasteiger partial charge in [0.2, 0.25) is 5.88 Å². The van der Waals surface area contributed by atoms with Gasteiger partial charge in [-0.15, -0.1) is 0 Å². The molecule has 2 aromatic heterocycles. The number of aromatic nitrogens is 3. The zero-order valence-corrected chi connectivity index (χ0v) is 15.1. The molecule has 3 aliphatic rings. The Hall–Kier alpha value is -3.03. The predicted molar refractivity (Wildman–Crippen MR) is 96.3 cm³/mol. The maximum absolute atomic E-state index is 13.1. The molecule has 0 N–H and O–H groups in total. The summed E-state index contributed by atoms with van der Waals surface area (Å²) in [5.41, 5.74) is 0.900. The number of hydrogen-bond donors (Lipinski definition) is 0. The summed E-state index contributed by atoms with van der Waals surface area (Å²) in [5, 5.41) is 0. The molecule has 5 rings (SSSR count). The molecule has 0 radical (unpaired) electrons. The van der Waals surface area contributed by atoms with Gasteiger partial charge in [-0.25, -0.2) is 9.97 Å². The number of hydrogen-bond acceptors (Lipinski definition) is 6. The van der Waals surface area contributed by atoms with E-state index in [0.29, 0.717) is 36.8 Å². The molecule has 2 bridgehead atoms. The molecule has 2 aromatic rings. The summed E-state index contributed by atoms with van der Waals surface area (Å²) in [6, 6.07) is 3.35. The van der Waals surface area contributed by atoms with Gasteiger partial charge in [-0.1, -0.05) is 0 Å².